The molecular formula is C15H18ClNO3S. The van der Waals surface area contributed by atoms with E-state index in [1.54, 1.807) is 6.07 Å². The Morgan fingerprint density at radius 2 is 2.14 bits per heavy atom. The normalized spacial score (nSPS) is 16.7. The van der Waals surface area contributed by atoms with Crippen molar-refractivity contribution in [2.24, 2.45) is 0 Å². The monoisotopic (exact) mass is 327 g/mol. The van der Waals surface area contributed by atoms with Gasteiger partial charge in [0.2, 0.25) is 10.0 Å². The SMILES string of the molecule is CCC1(NS(=O)(=O)c2ccc(C#CCO)cc2Cl)CCC1. The molecule has 21 heavy (non-hydrogen) atoms. The molecule has 0 amide bonds. The molecule has 0 bridgehead atoms. The van der Waals surface area contributed by atoms with Crippen molar-refractivity contribution in [2.45, 2.75) is 43.0 Å². The first kappa shape index (κ1) is 16.3. The topological polar surface area (TPSA) is 66.4 Å². The fraction of sp³-hybridized carbons (Fsp3) is 0.467. The third kappa shape index (κ3) is 3.58. The first-order valence-electron chi connectivity index (χ1n) is 6.86. The van der Waals surface area contributed by atoms with Gasteiger partial charge in [-0.15, -0.1) is 0 Å². The van der Waals surface area contributed by atoms with E-state index in [-0.39, 0.29) is 22.1 Å². The van der Waals surface area contributed by atoms with Gasteiger partial charge >= 0.3 is 0 Å². The zero-order valence-corrected chi connectivity index (χ0v) is 13.4. The van der Waals surface area contributed by atoms with Crippen LogP contribution in [0, 0.1) is 11.8 Å². The molecule has 1 aromatic carbocycles. The van der Waals surface area contributed by atoms with Crippen LogP contribution in [0.25, 0.3) is 0 Å². The first-order chi connectivity index (χ1) is 9.92. The number of aliphatic hydroxyl groups excluding tert-OH is 1. The molecule has 114 valence electrons. The Morgan fingerprint density at radius 3 is 2.62 bits per heavy atom. The Morgan fingerprint density at radius 1 is 1.43 bits per heavy atom. The van der Waals surface area contributed by atoms with Gasteiger partial charge in [-0.3, -0.25) is 0 Å². The second kappa shape index (κ2) is 6.37. The average Bonchev–Trinajstić information content (AvgIpc) is 2.40. The molecule has 4 nitrogen and oxygen atoms in total. The predicted molar refractivity (Wildman–Crippen MR) is 82.6 cm³/mol. The van der Waals surface area contributed by atoms with Crippen LogP contribution in [0.4, 0.5) is 0 Å². The molecule has 1 saturated carbocycles. The Balaban J connectivity index is 2.28. The molecule has 2 N–H and O–H groups in total. The number of hydrogen-bond acceptors (Lipinski definition) is 3. The summed E-state index contributed by atoms with van der Waals surface area (Å²) in [7, 11) is -3.64. The number of halogens is 1. The molecule has 2 rings (SSSR count). The van der Waals surface area contributed by atoms with Gasteiger partial charge in [-0.25, -0.2) is 13.1 Å². The van der Waals surface area contributed by atoms with Crippen LogP contribution in [0.1, 0.15) is 38.2 Å². The van der Waals surface area contributed by atoms with Crippen molar-refractivity contribution in [3.8, 4) is 11.8 Å². The number of nitrogens with one attached hydrogen (secondary N) is 1. The van der Waals surface area contributed by atoms with E-state index in [0.717, 1.165) is 25.7 Å². The molecule has 0 aliphatic heterocycles. The van der Waals surface area contributed by atoms with E-state index < -0.39 is 10.0 Å². The minimum absolute atomic E-state index is 0.0680. The highest BCUT2D eigenvalue weighted by Gasteiger charge is 2.39. The van der Waals surface area contributed by atoms with E-state index >= 15 is 0 Å². The summed E-state index contributed by atoms with van der Waals surface area (Å²) in [5.74, 6) is 5.19. The van der Waals surface area contributed by atoms with Crippen molar-refractivity contribution in [3.05, 3.63) is 28.8 Å². The molecular weight excluding hydrogens is 310 g/mol. The molecule has 1 fully saturated rings. The second-order valence-electron chi connectivity index (χ2n) is 5.20. The summed E-state index contributed by atoms with van der Waals surface area (Å²) in [6.07, 6.45) is 3.53. The number of benzene rings is 1. The van der Waals surface area contributed by atoms with E-state index in [2.05, 4.69) is 16.6 Å². The minimum atomic E-state index is -3.64. The lowest BCUT2D eigenvalue weighted by Crippen LogP contribution is -2.52. The van der Waals surface area contributed by atoms with Crippen molar-refractivity contribution in [3.63, 3.8) is 0 Å². The third-order valence-corrected chi connectivity index (χ3v) is 5.93. The van der Waals surface area contributed by atoms with Crippen LogP contribution in [0.15, 0.2) is 23.1 Å². The predicted octanol–water partition coefficient (Wildman–Crippen LogP) is 2.29. The molecule has 1 aliphatic carbocycles. The van der Waals surface area contributed by atoms with Crippen molar-refractivity contribution in [1.29, 1.82) is 0 Å². The van der Waals surface area contributed by atoms with E-state index in [9.17, 15) is 8.42 Å². The molecule has 6 heteroatoms. The Labute approximate surface area is 130 Å². The number of aliphatic hydroxyl groups is 1. The fourth-order valence-corrected chi connectivity index (χ4v) is 4.49. The molecule has 0 atom stereocenters. The Kier molecular flexibility index (Phi) is 4.95. The van der Waals surface area contributed by atoms with Crippen molar-refractivity contribution in [2.75, 3.05) is 6.61 Å². The van der Waals surface area contributed by atoms with Gasteiger partial charge in [0.1, 0.15) is 11.5 Å². The van der Waals surface area contributed by atoms with E-state index in [4.69, 9.17) is 16.7 Å². The molecule has 1 aromatic rings. The van der Waals surface area contributed by atoms with Crippen LogP contribution >= 0.6 is 11.6 Å². The number of sulfonamides is 1. The minimum Gasteiger partial charge on any atom is -0.384 e. The zero-order chi connectivity index (χ0) is 15.5. The van der Waals surface area contributed by atoms with Gasteiger partial charge in [0, 0.05) is 11.1 Å². The van der Waals surface area contributed by atoms with Gasteiger partial charge in [-0.05, 0) is 43.9 Å². The molecule has 1 aliphatic rings. The lowest BCUT2D eigenvalue weighted by Gasteiger charge is -2.41. The quantitative estimate of drug-likeness (QED) is 0.834. The summed E-state index contributed by atoms with van der Waals surface area (Å²) in [4.78, 5) is 0.0680. The average molecular weight is 328 g/mol. The maximum atomic E-state index is 12.5. The fourth-order valence-electron chi connectivity index (χ4n) is 2.41. The molecule has 0 unspecified atom stereocenters. The lowest BCUT2D eigenvalue weighted by atomic mass is 9.76. The van der Waals surface area contributed by atoms with Gasteiger partial charge in [0.15, 0.2) is 0 Å². The standard InChI is InChI=1S/C15H18ClNO3S/c1-2-15(8-4-9-15)17-21(19,20)14-7-6-12(5-3-10-18)11-13(14)16/h6-7,11,17-18H,2,4,8-10H2,1H3. The smallest absolute Gasteiger partial charge is 0.242 e. The molecule has 0 radical (unpaired) electrons. The van der Waals surface area contributed by atoms with Crippen molar-refractivity contribution < 1.29 is 13.5 Å². The van der Waals surface area contributed by atoms with Gasteiger partial charge in [-0.1, -0.05) is 30.4 Å². The van der Waals surface area contributed by atoms with Crippen LogP contribution in [-0.2, 0) is 10.0 Å². The van der Waals surface area contributed by atoms with E-state index in [1.165, 1.54) is 12.1 Å². The van der Waals surface area contributed by atoms with Gasteiger partial charge in [0.05, 0.1) is 5.02 Å². The summed E-state index contributed by atoms with van der Waals surface area (Å²) >= 11 is 6.08. The van der Waals surface area contributed by atoms with Gasteiger partial charge in [-0.2, -0.15) is 0 Å². The largest absolute Gasteiger partial charge is 0.384 e. The van der Waals surface area contributed by atoms with Gasteiger partial charge < -0.3 is 5.11 Å². The summed E-state index contributed by atoms with van der Waals surface area (Å²) < 4.78 is 27.7. The highest BCUT2D eigenvalue weighted by Crippen LogP contribution is 2.36. The van der Waals surface area contributed by atoms with Crippen LogP contribution in [0.5, 0.6) is 0 Å². The summed E-state index contributed by atoms with van der Waals surface area (Å²) in [5, 5.41) is 8.79. The van der Waals surface area contributed by atoms with E-state index in [1.807, 2.05) is 6.92 Å². The summed E-state index contributed by atoms with van der Waals surface area (Å²) in [6, 6.07) is 4.54. The molecule has 0 heterocycles. The molecule has 0 spiro atoms. The van der Waals surface area contributed by atoms with Crippen LogP contribution in [0.3, 0.4) is 0 Å². The third-order valence-electron chi connectivity index (χ3n) is 3.87. The maximum Gasteiger partial charge on any atom is 0.242 e. The van der Waals surface area contributed by atoms with Crippen molar-refractivity contribution in [1.82, 2.24) is 4.72 Å². The Hall–Kier alpha value is -1.06. The van der Waals surface area contributed by atoms with Crippen LogP contribution < -0.4 is 4.72 Å². The number of rotatable bonds is 4. The van der Waals surface area contributed by atoms with Crippen LogP contribution in [-0.4, -0.2) is 25.7 Å². The number of hydrogen-bond donors (Lipinski definition) is 2. The molecule has 0 saturated heterocycles. The summed E-state index contributed by atoms with van der Waals surface area (Å²) in [6.45, 7) is 1.73. The van der Waals surface area contributed by atoms with Crippen LogP contribution in [0.2, 0.25) is 5.02 Å². The van der Waals surface area contributed by atoms with Gasteiger partial charge in [0.25, 0.3) is 0 Å². The van der Waals surface area contributed by atoms with E-state index in [0.29, 0.717) is 5.56 Å². The second-order valence-corrected chi connectivity index (χ2v) is 7.26. The summed E-state index contributed by atoms with van der Waals surface area (Å²) in [5.41, 5.74) is 0.249. The highest BCUT2D eigenvalue weighted by molar-refractivity contribution is 7.89. The first-order valence-corrected chi connectivity index (χ1v) is 8.72. The zero-order valence-electron chi connectivity index (χ0n) is 11.8. The molecule has 0 aromatic heterocycles. The lowest BCUT2D eigenvalue weighted by molar-refractivity contribution is 0.214. The maximum absolute atomic E-state index is 12.5. The Bertz CT molecular complexity index is 679. The van der Waals surface area contributed by atoms with Crippen molar-refractivity contribution >= 4 is 21.6 Å². The highest BCUT2D eigenvalue weighted by atomic mass is 35.5.